The lowest BCUT2D eigenvalue weighted by molar-refractivity contribution is 0.124. The van der Waals surface area contributed by atoms with Gasteiger partial charge in [0.15, 0.2) is 0 Å². The topological polar surface area (TPSA) is 72.4 Å². The first-order chi connectivity index (χ1) is 12.3. The van der Waals surface area contributed by atoms with Gasteiger partial charge in [-0.2, -0.15) is 4.31 Å². The first-order valence-corrected chi connectivity index (χ1v) is 10.2. The molecule has 0 saturated carbocycles. The minimum atomic E-state index is -3.57. The Morgan fingerprint density at radius 2 is 1.85 bits per heavy atom. The van der Waals surface area contributed by atoms with Crippen molar-refractivity contribution in [1.82, 2.24) is 14.3 Å². The van der Waals surface area contributed by atoms with E-state index in [0.29, 0.717) is 23.9 Å². The van der Waals surface area contributed by atoms with Crippen molar-refractivity contribution in [3.8, 4) is 5.88 Å². The number of piperidine rings is 1. The Morgan fingerprint density at radius 3 is 2.46 bits per heavy atom. The van der Waals surface area contributed by atoms with Crippen LogP contribution in [0.5, 0.6) is 5.88 Å². The predicted octanol–water partition coefficient (Wildman–Crippen LogP) is 2.94. The molecule has 1 unspecified atom stereocenters. The van der Waals surface area contributed by atoms with Gasteiger partial charge in [0, 0.05) is 18.8 Å². The van der Waals surface area contributed by atoms with Crippen LogP contribution in [0.15, 0.2) is 29.6 Å². The number of sulfonamides is 1. The highest BCUT2D eigenvalue weighted by Crippen LogP contribution is 2.30. The van der Waals surface area contributed by atoms with Crippen molar-refractivity contribution < 1.29 is 13.2 Å². The fraction of sp³-hybridized carbons (Fsp3) is 0.474. The van der Waals surface area contributed by atoms with Gasteiger partial charge in [-0.3, -0.25) is 0 Å². The quantitative estimate of drug-likeness (QED) is 0.821. The second kappa shape index (κ2) is 7.32. The lowest BCUT2D eigenvalue weighted by Gasteiger charge is -2.33. The largest absolute Gasteiger partial charge is 0.473 e. The average Bonchev–Trinajstić information content (AvgIpc) is 2.61. The van der Waals surface area contributed by atoms with Gasteiger partial charge in [0.25, 0.3) is 0 Å². The molecule has 2 aromatic rings. The van der Waals surface area contributed by atoms with Crippen LogP contribution >= 0.6 is 0 Å². The van der Waals surface area contributed by atoms with Crippen LogP contribution in [-0.4, -0.2) is 41.9 Å². The molecule has 0 bridgehead atoms. The average molecular weight is 375 g/mol. The molecule has 0 amide bonds. The summed E-state index contributed by atoms with van der Waals surface area (Å²) in [7, 11) is -3.57. The van der Waals surface area contributed by atoms with E-state index in [1.165, 1.54) is 6.33 Å². The SMILES string of the molecule is Cc1cc(C)c(C)c(S(=O)(=O)N2CCCC(Oc3ccncn3)C2)c1C. The summed E-state index contributed by atoms with van der Waals surface area (Å²) in [5.41, 5.74) is 3.65. The molecule has 2 heterocycles. The Hall–Kier alpha value is -1.99. The van der Waals surface area contributed by atoms with Crippen LogP contribution in [0, 0.1) is 27.7 Å². The maximum atomic E-state index is 13.4. The van der Waals surface area contributed by atoms with Gasteiger partial charge in [-0.15, -0.1) is 0 Å². The van der Waals surface area contributed by atoms with E-state index in [4.69, 9.17) is 4.74 Å². The Bertz CT molecular complexity index is 872. The Kier molecular flexibility index (Phi) is 5.29. The van der Waals surface area contributed by atoms with Crippen molar-refractivity contribution in [2.45, 2.75) is 51.5 Å². The van der Waals surface area contributed by atoms with E-state index in [9.17, 15) is 8.42 Å². The van der Waals surface area contributed by atoms with Crippen molar-refractivity contribution >= 4 is 10.0 Å². The van der Waals surface area contributed by atoms with Crippen LogP contribution in [0.3, 0.4) is 0 Å². The van der Waals surface area contributed by atoms with Crippen molar-refractivity contribution in [1.29, 1.82) is 0 Å². The van der Waals surface area contributed by atoms with Gasteiger partial charge in [-0.05, 0) is 62.8 Å². The lowest BCUT2D eigenvalue weighted by Crippen LogP contribution is -2.44. The molecule has 1 saturated heterocycles. The highest BCUT2D eigenvalue weighted by Gasteiger charge is 2.33. The van der Waals surface area contributed by atoms with Crippen molar-refractivity contribution in [2.24, 2.45) is 0 Å². The van der Waals surface area contributed by atoms with Gasteiger partial charge in [0.2, 0.25) is 15.9 Å². The minimum absolute atomic E-state index is 0.208. The van der Waals surface area contributed by atoms with Crippen LogP contribution < -0.4 is 4.74 Å². The summed E-state index contributed by atoms with van der Waals surface area (Å²) < 4.78 is 34.2. The zero-order valence-electron chi connectivity index (χ0n) is 15.7. The van der Waals surface area contributed by atoms with E-state index in [1.807, 2.05) is 33.8 Å². The fourth-order valence-corrected chi connectivity index (χ4v) is 5.52. The number of hydrogen-bond acceptors (Lipinski definition) is 5. The maximum Gasteiger partial charge on any atom is 0.243 e. The third-order valence-electron chi connectivity index (χ3n) is 5.08. The van der Waals surface area contributed by atoms with E-state index in [-0.39, 0.29) is 6.10 Å². The minimum Gasteiger partial charge on any atom is -0.473 e. The highest BCUT2D eigenvalue weighted by atomic mass is 32.2. The molecule has 140 valence electrons. The van der Waals surface area contributed by atoms with Crippen molar-refractivity contribution in [2.75, 3.05) is 13.1 Å². The Balaban J connectivity index is 1.88. The normalized spacial score (nSPS) is 18.7. The molecule has 0 spiro atoms. The van der Waals surface area contributed by atoms with E-state index in [2.05, 4.69) is 9.97 Å². The molecule has 0 N–H and O–H groups in total. The van der Waals surface area contributed by atoms with Crippen molar-refractivity contribution in [3.05, 3.63) is 46.9 Å². The molecule has 1 aromatic carbocycles. The van der Waals surface area contributed by atoms with Gasteiger partial charge in [0.1, 0.15) is 12.4 Å². The zero-order valence-corrected chi connectivity index (χ0v) is 16.5. The smallest absolute Gasteiger partial charge is 0.243 e. The predicted molar refractivity (Wildman–Crippen MR) is 99.8 cm³/mol. The van der Waals surface area contributed by atoms with Gasteiger partial charge in [0.05, 0.1) is 11.4 Å². The van der Waals surface area contributed by atoms with Crippen LogP contribution in [-0.2, 0) is 10.0 Å². The molecule has 1 aliphatic heterocycles. The second-order valence-corrected chi connectivity index (χ2v) is 8.76. The monoisotopic (exact) mass is 375 g/mol. The summed E-state index contributed by atoms with van der Waals surface area (Å²) in [4.78, 5) is 8.38. The second-order valence-electron chi connectivity index (χ2n) is 6.88. The number of ether oxygens (including phenoxy) is 1. The van der Waals surface area contributed by atoms with Gasteiger partial charge in [-0.1, -0.05) is 6.07 Å². The molecule has 1 atom stereocenters. The van der Waals surface area contributed by atoms with Crippen LogP contribution in [0.25, 0.3) is 0 Å². The molecule has 1 aromatic heterocycles. The number of hydrogen-bond donors (Lipinski definition) is 0. The summed E-state index contributed by atoms with van der Waals surface area (Å²) in [6, 6.07) is 3.73. The highest BCUT2D eigenvalue weighted by molar-refractivity contribution is 7.89. The third-order valence-corrected chi connectivity index (χ3v) is 7.22. The zero-order chi connectivity index (χ0) is 18.9. The van der Waals surface area contributed by atoms with E-state index >= 15 is 0 Å². The molecular weight excluding hydrogens is 350 g/mol. The first-order valence-electron chi connectivity index (χ1n) is 8.81. The number of rotatable bonds is 4. The van der Waals surface area contributed by atoms with Crippen molar-refractivity contribution in [3.63, 3.8) is 0 Å². The number of aryl methyl sites for hydroxylation is 2. The third kappa shape index (κ3) is 3.59. The summed E-state index contributed by atoms with van der Waals surface area (Å²) in [5.74, 6) is 0.475. The first kappa shape index (κ1) is 18.8. The molecule has 0 aliphatic carbocycles. The van der Waals surface area contributed by atoms with E-state index < -0.39 is 10.0 Å². The Labute approximate surface area is 155 Å². The van der Waals surface area contributed by atoms with Gasteiger partial charge in [-0.25, -0.2) is 18.4 Å². The molecule has 1 aliphatic rings. The number of aromatic nitrogens is 2. The number of nitrogens with zero attached hydrogens (tertiary/aromatic N) is 3. The molecular formula is C19H25N3O3S. The van der Waals surface area contributed by atoms with Gasteiger partial charge >= 0.3 is 0 Å². The van der Waals surface area contributed by atoms with Crippen LogP contribution in [0.2, 0.25) is 0 Å². The molecule has 3 rings (SSSR count). The van der Waals surface area contributed by atoms with E-state index in [0.717, 1.165) is 35.1 Å². The van der Waals surface area contributed by atoms with Crippen LogP contribution in [0.1, 0.15) is 35.1 Å². The van der Waals surface area contributed by atoms with E-state index in [1.54, 1.807) is 16.6 Å². The lowest BCUT2D eigenvalue weighted by atomic mass is 10.0. The summed E-state index contributed by atoms with van der Waals surface area (Å²) in [6.07, 6.45) is 4.40. The summed E-state index contributed by atoms with van der Waals surface area (Å²) >= 11 is 0. The molecule has 1 fully saturated rings. The molecule has 6 nitrogen and oxygen atoms in total. The molecule has 26 heavy (non-hydrogen) atoms. The molecule has 0 radical (unpaired) electrons. The summed E-state index contributed by atoms with van der Waals surface area (Å²) in [5, 5.41) is 0. The number of benzene rings is 1. The van der Waals surface area contributed by atoms with Crippen LogP contribution in [0.4, 0.5) is 0 Å². The van der Waals surface area contributed by atoms with Gasteiger partial charge < -0.3 is 4.74 Å². The summed E-state index contributed by atoms with van der Waals surface area (Å²) in [6.45, 7) is 8.52. The maximum absolute atomic E-state index is 13.4. The molecule has 7 heteroatoms. The fourth-order valence-electron chi connectivity index (χ4n) is 3.44. The Morgan fingerprint density at radius 1 is 1.15 bits per heavy atom. The standard InChI is InChI=1S/C19H25N3O3S/c1-13-10-14(2)16(4)19(15(13)3)26(23,24)22-9-5-6-17(11-22)25-18-7-8-20-12-21-18/h7-8,10,12,17H,5-6,9,11H2,1-4H3.